The lowest BCUT2D eigenvalue weighted by Crippen LogP contribution is -2.31. The third-order valence-electron chi connectivity index (χ3n) is 5.12. The highest BCUT2D eigenvalue weighted by molar-refractivity contribution is 5.79. The molecule has 0 bridgehead atoms. The number of fused-ring (bicyclic) bond motifs is 2. The van der Waals surface area contributed by atoms with E-state index in [4.69, 9.17) is 17.3 Å². The highest BCUT2D eigenvalue weighted by Crippen LogP contribution is 2.27. The van der Waals surface area contributed by atoms with E-state index in [1.807, 2.05) is 13.8 Å². The number of aromatic nitrogens is 8. The van der Waals surface area contributed by atoms with Crippen LogP contribution in [0, 0.1) is 11.8 Å². The average Bonchev–Trinajstić information content (AvgIpc) is 3.25. The number of nitrogens with one attached hydrogen (secondary N) is 2. The van der Waals surface area contributed by atoms with Crippen molar-refractivity contribution in [2.24, 2.45) is 17.7 Å². The van der Waals surface area contributed by atoms with Crippen molar-refractivity contribution in [1.29, 1.82) is 0 Å². The highest BCUT2D eigenvalue weighted by atomic mass is 16.1. The first kappa shape index (κ1) is 22.3. The number of hydrogen-bond acceptors (Lipinski definition) is 10. The second-order valence-electron chi connectivity index (χ2n) is 8.78. The molecule has 4 heterocycles. The molecule has 33 heavy (non-hydrogen) atoms. The Morgan fingerprint density at radius 2 is 1.30 bits per heavy atom. The van der Waals surface area contributed by atoms with Crippen LogP contribution in [0.4, 0.5) is 23.8 Å². The van der Waals surface area contributed by atoms with Crippen LogP contribution in [0.3, 0.4) is 0 Å². The molecular weight excluding hydrogens is 428 g/mol. The van der Waals surface area contributed by atoms with Crippen LogP contribution in [-0.2, 0) is 13.1 Å². The molecule has 4 aromatic rings. The number of aromatic amines is 2. The van der Waals surface area contributed by atoms with Crippen LogP contribution in [0.25, 0.3) is 22.3 Å². The molecule has 0 fully saturated rings. The maximum absolute atomic E-state index is 12.5. The van der Waals surface area contributed by atoms with Gasteiger partial charge in [0.25, 0.3) is 11.1 Å². The summed E-state index contributed by atoms with van der Waals surface area (Å²) in [5, 5.41) is 1.23. The van der Waals surface area contributed by atoms with Gasteiger partial charge in [-0.25, -0.2) is 20.8 Å². The van der Waals surface area contributed by atoms with Gasteiger partial charge in [-0.3, -0.25) is 28.7 Å². The van der Waals surface area contributed by atoms with Crippen molar-refractivity contribution in [2.45, 2.75) is 47.2 Å². The zero-order valence-corrected chi connectivity index (χ0v) is 19.0. The van der Waals surface area contributed by atoms with E-state index in [1.54, 1.807) is 9.13 Å². The summed E-state index contributed by atoms with van der Waals surface area (Å²) in [4.78, 5) is 47.3. The highest BCUT2D eigenvalue weighted by Gasteiger charge is 2.26. The minimum absolute atomic E-state index is 0.0217. The Hall–Kier alpha value is -3.94. The third-order valence-corrected chi connectivity index (χ3v) is 5.12. The SMILES string of the molecule is CC(C)CCn1c(N(N)c2nc3c(=O)[nH]c(N)nc3n2CC(C)C)nc2c(=O)[nH]c(N)nc21. The molecule has 4 rings (SSSR count). The fourth-order valence-electron chi connectivity index (χ4n) is 3.62. The molecule has 4 aromatic heterocycles. The van der Waals surface area contributed by atoms with E-state index in [0.717, 1.165) is 6.42 Å². The summed E-state index contributed by atoms with van der Waals surface area (Å²) in [7, 11) is 0. The molecule has 176 valence electrons. The number of hydrogen-bond donors (Lipinski definition) is 5. The first-order valence-electron chi connectivity index (χ1n) is 10.6. The van der Waals surface area contributed by atoms with Crippen LogP contribution in [0.15, 0.2) is 9.59 Å². The number of nitrogen functional groups attached to an aromatic ring is 2. The predicted octanol–water partition coefficient (Wildman–Crippen LogP) is 0.431. The molecule has 0 aromatic carbocycles. The molecule has 0 spiro atoms. The van der Waals surface area contributed by atoms with Gasteiger partial charge in [0.2, 0.25) is 23.8 Å². The summed E-state index contributed by atoms with van der Waals surface area (Å²) in [5.74, 6) is 7.50. The average molecular weight is 457 g/mol. The smallest absolute Gasteiger partial charge is 0.280 e. The molecule has 0 saturated carbocycles. The van der Waals surface area contributed by atoms with Crippen molar-refractivity contribution in [2.75, 3.05) is 16.5 Å². The second-order valence-corrected chi connectivity index (χ2v) is 8.78. The molecule has 0 unspecified atom stereocenters. The fourth-order valence-corrected chi connectivity index (χ4v) is 3.62. The van der Waals surface area contributed by atoms with Gasteiger partial charge in [0.05, 0.1) is 0 Å². The van der Waals surface area contributed by atoms with Gasteiger partial charge < -0.3 is 11.5 Å². The Bertz CT molecular complexity index is 1440. The summed E-state index contributed by atoms with van der Waals surface area (Å²) in [6.45, 7) is 9.14. The Morgan fingerprint density at radius 1 is 0.818 bits per heavy atom. The van der Waals surface area contributed by atoms with Crippen LogP contribution < -0.4 is 33.4 Å². The zero-order chi connectivity index (χ0) is 24.0. The van der Waals surface area contributed by atoms with Gasteiger partial charge >= 0.3 is 0 Å². The normalized spacial score (nSPS) is 12.0. The van der Waals surface area contributed by atoms with Gasteiger partial charge in [0, 0.05) is 13.1 Å². The second kappa shape index (κ2) is 8.20. The van der Waals surface area contributed by atoms with E-state index in [0.29, 0.717) is 30.3 Å². The Kier molecular flexibility index (Phi) is 5.53. The van der Waals surface area contributed by atoms with E-state index in [-0.39, 0.29) is 40.7 Å². The number of hydrazine groups is 1. The number of nitrogens with two attached hydrogens (primary N) is 3. The number of nitrogens with zero attached hydrogens (tertiary/aromatic N) is 7. The Labute approximate surface area is 187 Å². The number of anilines is 4. The zero-order valence-electron chi connectivity index (χ0n) is 19.0. The maximum Gasteiger partial charge on any atom is 0.280 e. The molecule has 0 aliphatic carbocycles. The van der Waals surface area contributed by atoms with Gasteiger partial charge in [-0.05, 0) is 18.3 Å². The van der Waals surface area contributed by atoms with E-state index >= 15 is 0 Å². The van der Waals surface area contributed by atoms with E-state index in [2.05, 4.69) is 43.8 Å². The van der Waals surface area contributed by atoms with Crippen molar-refractivity contribution in [3.05, 3.63) is 20.7 Å². The van der Waals surface area contributed by atoms with Crippen molar-refractivity contribution in [1.82, 2.24) is 39.0 Å². The van der Waals surface area contributed by atoms with Crippen LogP contribution in [0.2, 0.25) is 0 Å². The molecule has 0 aliphatic heterocycles. The Balaban J connectivity index is 1.96. The van der Waals surface area contributed by atoms with Crippen LogP contribution in [0.1, 0.15) is 34.1 Å². The topological polar surface area (TPSA) is 208 Å². The fraction of sp³-hybridized carbons (Fsp3) is 0.474. The number of rotatable bonds is 7. The largest absolute Gasteiger partial charge is 0.369 e. The van der Waals surface area contributed by atoms with Crippen LogP contribution >= 0.6 is 0 Å². The lowest BCUT2D eigenvalue weighted by Gasteiger charge is -2.20. The first-order chi connectivity index (χ1) is 15.6. The van der Waals surface area contributed by atoms with Crippen molar-refractivity contribution in [3.8, 4) is 0 Å². The molecular formula is C19H28N12O2. The lowest BCUT2D eigenvalue weighted by molar-refractivity contribution is 0.515. The van der Waals surface area contributed by atoms with Crippen LogP contribution in [0.5, 0.6) is 0 Å². The molecule has 14 heteroatoms. The molecule has 8 N–H and O–H groups in total. The minimum Gasteiger partial charge on any atom is -0.369 e. The third kappa shape index (κ3) is 4.00. The van der Waals surface area contributed by atoms with Crippen molar-refractivity contribution < 1.29 is 0 Å². The standard InChI is InChI=1S/C19H28N12O2/c1-8(2)5-6-29-12-10(14(32)27-16(20)25-12)23-18(29)31(22)19-24-11-13(30(19)7-9(3)4)26-17(21)28-15(11)33/h8-9H,5-7,22H2,1-4H3,(H3,20,25,27,32)(H3,21,26,28,33). The summed E-state index contributed by atoms with van der Waals surface area (Å²) in [5.41, 5.74) is 11.4. The molecule has 0 amide bonds. The van der Waals surface area contributed by atoms with E-state index in [1.165, 1.54) is 5.01 Å². The molecule has 0 aliphatic rings. The van der Waals surface area contributed by atoms with Gasteiger partial charge in [-0.2, -0.15) is 9.97 Å². The molecule has 0 atom stereocenters. The van der Waals surface area contributed by atoms with Crippen molar-refractivity contribution >= 4 is 46.1 Å². The summed E-state index contributed by atoms with van der Waals surface area (Å²) >= 11 is 0. The number of H-pyrrole nitrogens is 2. The Morgan fingerprint density at radius 3 is 1.79 bits per heavy atom. The van der Waals surface area contributed by atoms with Gasteiger partial charge in [-0.15, -0.1) is 0 Å². The quantitative estimate of drug-likeness (QED) is 0.191. The van der Waals surface area contributed by atoms with Gasteiger partial charge in [-0.1, -0.05) is 27.7 Å². The first-order valence-corrected chi connectivity index (χ1v) is 10.6. The summed E-state index contributed by atoms with van der Waals surface area (Å²) in [6.07, 6.45) is 0.779. The number of imidazole rings is 2. The van der Waals surface area contributed by atoms with Crippen molar-refractivity contribution in [3.63, 3.8) is 0 Å². The lowest BCUT2D eigenvalue weighted by atomic mass is 10.1. The molecule has 14 nitrogen and oxygen atoms in total. The van der Waals surface area contributed by atoms with E-state index < -0.39 is 11.1 Å². The van der Waals surface area contributed by atoms with Gasteiger partial charge in [0.15, 0.2) is 22.3 Å². The van der Waals surface area contributed by atoms with Gasteiger partial charge in [0.1, 0.15) is 0 Å². The monoisotopic (exact) mass is 456 g/mol. The minimum atomic E-state index is -0.478. The summed E-state index contributed by atoms with van der Waals surface area (Å²) in [6, 6.07) is 0. The molecule has 0 saturated heterocycles. The predicted molar refractivity (Wildman–Crippen MR) is 126 cm³/mol. The molecule has 0 radical (unpaired) electrons. The number of aryl methyl sites for hydroxylation is 1. The van der Waals surface area contributed by atoms with Crippen LogP contribution in [-0.4, -0.2) is 39.0 Å². The maximum atomic E-state index is 12.5. The van der Waals surface area contributed by atoms with E-state index in [9.17, 15) is 9.59 Å². The summed E-state index contributed by atoms with van der Waals surface area (Å²) < 4.78 is 3.44.